The van der Waals surface area contributed by atoms with E-state index in [1.807, 2.05) is 6.92 Å². The van der Waals surface area contributed by atoms with Crippen molar-refractivity contribution < 1.29 is 9.18 Å². The van der Waals surface area contributed by atoms with Crippen molar-refractivity contribution in [2.24, 2.45) is 0 Å². The highest BCUT2D eigenvalue weighted by atomic mass is 35.5. The molecule has 3 rings (SSSR count). The van der Waals surface area contributed by atoms with Gasteiger partial charge in [0.2, 0.25) is 0 Å². The van der Waals surface area contributed by atoms with Gasteiger partial charge >= 0.3 is 6.03 Å². The number of amides is 2. The van der Waals surface area contributed by atoms with Crippen molar-refractivity contribution in [3.05, 3.63) is 46.4 Å². The molecule has 0 radical (unpaired) electrons. The van der Waals surface area contributed by atoms with Crippen LogP contribution >= 0.6 is 11.6 Å². The van der Waals surface area contributed by atoms with Gasteiger partial charge in [-0.1, -0.05) is 36.9 Å². The maximum absolute atomic E-state index is 13.9. The molecule has 0 unspecified atom stereocenters. The number of nitrogens with zero attached hydrogens (tertiary/aromatic N) is 2. The van der Waals surface area contributed by atoms with Gasteiger partial charge in [0, 0.05) is 28.4 Å². The maximum atomic E-state index is 13.9. The number of carbonyl (C=O) groups is 1. The molecule has 1 saturated carbocycles. The van der Waals surface area contributed by atoms with Crippen LogP contribution in [0.3, 0.4) is 0 Å². The molecular weight excluding hydrogens is 343 g/mol. The van der Waals surface area contributed by atoms with E-state index in [1.54, 1.807) is 22.9 Å². The number of carbonyl (C=O) groups excluding carboxylic acids is 1. The molecule has 1 aliphatic carbocycles. The van der Waals surface area contributed by atoms with Gasteiger partial charge in [-0.05, 0) is 31.9 Å². The van der Waals surface area contributed by atoms with E-state index in [0.717, 1.165) is 31.4 Å². The molecule has 0 aliphatic heterocycles. The van der Waals surface area contributed by atoms with Crippen LogP contribution in [0, 0.1) is 12.7 Å². The second-order valence-electron chi connectivity index (χ2n) is 6.46. The Morgan fingerprint density at radius 3 is 2.84 bits per heavy atom. The largest absolute Gasteiger partial charge is 0.335 e. The van der Waals surface area contributed by atoms with Crippen LogP contribution in [0.4, 0.5) is 15.0 Å². The number of benzene rings is 1. The summed E-state index contributed by atoms with van der Waals surface area (Å²) in [6, 6.07) is 6.33. The highest BCUT2D eigenvalue weighted by Gasteiger charge is 2.17. The van der Waals surface area contributed by atoms with Gasteiger partial charge in [-0.3, -0.25) is 10.00 Å². The molecule has 1 aliphatic rings. The minimum Gasteiger partial charge on any atom is -0.335 e. The van der Waals surface area contributed by atoms with E-state index >= 15 is 0 Å². The first kappa shape index (κ1) is 17.7. The van der Waals surface area contributed by atoms with Crippen molar-refractivity contribution in [2.75, 3.05) is 5.32 Å². The van der Waals surface area contributed by atoms with Crippen LogP contribution in [0.25, 0.3) is 0 Å². The van der Waals surface area contributed by atoms with E-state index in [1.165, 1.54) is 12.5 Å². The normalized spacial score (nSPS) is 15.2. The first-order chi connectivity index (χ1) is 12.0. The van der Waals surface area contributed by atoms with E-state index in [-0.39, 0.29) is 24.4 Å². The number of nitrogens with one attached hydrogen (secondary N) is 2. The van der Waals surface area contributed by atoms with E-state index in [4.69, 9.17) is 11.6 Å². The third-order valence-corrected chi connectivity index (χ3v) is 4.89. The quantitative estimate of drug-likeness (QED) is 0.839. The van der Waals surface area contributed by atoms with Crippen molar-refractivity contribution >= 4 is 23.4 Å². The van der Waals surface area contributed by atoms with Crippen molar-refractivity contribution in [2.45, 2.75) is 51.6 Å². The van der Waals surface area contributed by atoms with Gasteiger partial charge in [0.25, 0.3) is 0 Å². The van der Waals surface area contributed by atoms with Gasteiger partial charge in [-0.2, -0.15) is 5.10 Å². The fourth-order valence-corrected chi connectivity index (χ4v) is 3.37. The minimum absolute atomic E-state index is 0.212. The van der Waals surface area contributed by atoms with E-state index < -0.39 is 0 Å². The summed E-state index contributed by atoms with van der Waals surface area (Å²) in [5.74, 6) is 0.0743. The molecule has 0 atom stereocenters. The lowest BCUT2D eigenvalue weighted by Gasteiger charge is -2.22. The predicted octanol–water partition coefficient (Wildman–Crippen LogP) is 4.49. The van der Waals surface area contributed by atoms with E-state index in [9.17, 15) is 9.18 Å². The van der Waals surface area contributed by atoms with Crippen LogP contribution in [-0.4, -0.2) is 21.9 Å². The summed E-state index contributed by atoms with van der Waals surface area (Å²) < 4.78 is 15.6. The van der Waals surface area contributed by atoms with Crippen LogP contribution in [0.2, 0.25) is 5.02 Å². The van der Waals surface area contributed by atoms with Gasteiger partial charge in [0.15, 0.2) is 5.82 Å². The second kappa shape index (κ2) is 7.87. The highest BCUT2D eigenvalue weighted by molar-refractivity contribution is 6.31. The number of halogens is 2. The van der Waals surface area contributed by atoms with Crippen LogP contribution < -0.4 is 10.6 Å². The summed E-state index contributed by atoms with van der Waals surface area (Å²) in [5.41, 5.74) is 1.20. The number of hydrogen-bond acceptors (Lipinski definition) is 2. The lowest BCUT2D eigenvalue weighted by Crippen LogP contribution is -2.39. The molecular formula is C18H22ClFN4O. The standard InChI is InChI=1S/C18H22ClFN4O/c1-12-10-17(22-18(25)21-13-6-3-2-4-7-13)23-24(12)11-14-15(19)8-5-9-16(14)20/h5,8-10,13H,2-4,6-7,11H2,1H3,(H2,21,22,23,25). The third kappa shape index (κ3) is 4.51. The van der Waals surface area contributed by atoms with Crippen molar-refractivity contribution in [3.63, 3.8) is 0 Å². The third-order valence-electron chi connectivity index (χ3n) is 4.53. The average molecular weight is 365 g/mol. The SMILES string of the molecule is Cc1cc(NC(=O)NC2CCCCC2)nn1Cc1c(F)cccc1Cl. The Labute approximate surface area is 151 Å². The summed E-state index contributed by atoms with van der Waals surface area (Å²) in [6.07, 6.45) is 5.59. The Hall–Kier alpha value is -2.08. The zero-order chi connectivity index (χ0) is 17.8. The van der Waals surface area contributed by atoms with Gasteiger partial charge in [0.05, 0.1) is 6.54 Å². The fraction of sp³-hybridized carbons (Fsp3) is 0.444. The fourth-order valence-electron chi connectivity index (χ4n) is 3.15. The Bertz CT molecular complexity index is 735. The number of aromatic nitrogens is 2. The molecule has 1 fully saturated rings. The molecule has 1 heterocycles. The first-order valence-corrected chi connectivity index (χ1v) is 8.95. The maximum Gasteiger partial charge on any atom is 0.320 e. The predicted molar refractivity (Wildman–Crippen MR) is 96.5 cm³/mol. The molecule has 1 aromatic carbocycles. The monoisotopic (exact) mass is 364 g/mol. The van der Waals surface area contributed by atoms with Crippen molar-refractivity contribution in [3.8, 4) is 0 Å². The van der Waals surface area contributed by atoms with Crippen molar-refractivity contribution in [1.29, 1.82) is 0 Å². The molecule has 0 bridgehead atoms. The Kier molecular flexibility index (Phi) is 5.58. The number of aryl methyl sites for hydroxylation is 1. The minimum atomic E-state index is -0.369. The van der Waals surface area contributed by atoms with Gasteiger partial charge in [-0.25, -0.2) is 9.18 Å². The molecule has 134 valence electrons. The zero-order valence-corrected chi connectivity index (χ0v) is 14.9. The molecule has 2 N–H and O–H groups in total. The van der Waals surface area contributed by atoms with E-state index in [0.29, 0.717) is 16.4 Å². The Balaban J connectivity index is 1.64. The second-order valence-corrected chi connectivity index (χ2v) is 6.87. The number of anilines is 1. The molecule has 7 heteroatoms. The summed E-state index contributed by atoms with van der Waals surface area (Å²) in [6.45, 7) is 2.06. The lowest BCUT2D eigenvalue weighted by atomic mass is 9.96. The molecule has 1 aromatic heterocycles. The van der Waals surface area contributed by atoms with Crippen LogP contribution in [0.1, 0.15) is 43.4 Å². The molecule has 5 nitrogen and oxygen atoms in total. The van der Waals surface area contributed by atoms with Gasteiger partial charge in [-0.15, -0.1) is 0 Å². The molecule has 25 heavy (non-hydrogen) atoms. The summed E-state index contributed by atoms with van der Waals surface area (Å²) in [4.78, 5) is 12.1. The smallest absolute Gasteiger partial charge is 0.320 e. The topological polar surface area (TPSA) is 59.0 Å². The molecule has 2 aromatic rings. The summed E-state index contributed by atoms with van der Waals surface area (Å²) in [5, 5.41) is 10.4. The molecule has 0 spiro atoms. The van der Waals surface area contributed by atoms with Crippen LogP contribution in [0.5, 0.6) is 0 Å². The van der Waals surface area contributed by atoms with Crippen molar-refractivity contribution in [1.82, 2.24) is 15.1 Å². The zero-order valence-electron chi connectivity index (χ0n) is 14.2. The number of urea groups is 1. The Morgan fingerprint density at radius 2 is 2.12 bits per heavy atom. The van der Waals surface area contributed by atoms with Crippen LogP contribution in [0.15, 0.2) is 24.3 Å². The highest BCUT2D eigenvalue weighted by Crippen LogP contribution is 2.21. The van der Waals surface area contributed by atoms with Gasteiger partial charge in [0.1, 0.15) is 5.82 Å². The van der Waals surface area contributed by atoms with Gasteiger partial charge < -0.3 is 5.32 Å². The average Bonchev–Trinajstić information content (AvgIpc) is 2.91. The van der Waals surface area contributed by atoms with Crippen LogP contribution in [-0.2, 0) is 6.54 Å². The summed E-state index contributed by atoms with van der Waals surface area (Å²) >= 11 is 6.07. The molecule has 2 amide bonds. The number of hydrogen-bond donors (Lipinski definition) is 2. The van der Waals surface area contributed by atoms with E-state index in [2.05, 4.69) is 15.7 Å². The first-order valence-electron chi connectivity index (χ1n) is 8.58. The Morgan fingerprint density at radius 1 is 1.36 bits per heavy atom. The summed E-state index contributed by atoms with van der Waals surface area (Å²) in [7, 11) is 0. The molecule has 0 saturated heterocycles. The lowest BCUT2D eigenvalue weighted by molar-refractivity contribution is 0.244. The number of rotatable bonds is 4.